The van der Waals surface area contributed by atoms with Crippen molar-refractivity contribution in [3.8, 4) is 11.3 Å². The number of rotatable bonds is 2. The van der Waals surface area contributed by atoms with Gasteiger partial charge in [0.1, 0.15) is 0 Å². The fourth-order valence-electron chi connectivity index (χ4n) is 5.63. The van der Waals surface area contributed by atoms with Crippen LogP contribution in [-0.2, 0) is 24.9 Å². The summed E-state index contributed by atoms with van der Waals surface area (Å²) in [6.07, 6.45) is 2.61. The monoisotopic (exact) mass is 733 g/mol. The van der Waals surface area contributed by atoms with Crippen molar-refractivity contribution in [3.05, 3.63) is 109 Å². The van der Waals surface area contributed by atoms with Crippen LogP contribution in [0.25, 0.3) is 69.5 Å². The molecule has 0 amide bonds. The van der Waals surface area contributed by atoms with Gasteiger partial charge < -0.3 is 14.5 Å². The van der Waals surface area contributed by atoms with E-state index in [1.165, 1.54) is 73.5 Å². The van der Waals surface area contributed by atoms with Gasteiger partial charge in [-0.2, -0.15) is 0 Å². The minimum Gasteiger partial charge on any atom is -0.512 e. The average Bonchev–Trinajstić information content (AvgIpc) is 3.61. The van der Waals surface area contributed by atoms with Crippen LogP contribution in [0.1, 0.15) is 23.5 Å². The number of aliphatic hydroxyl groups is 1. The third kappa shape index (κ3) is 4.49. The summed E-state index contributed by atoms with van der Waals surface area (Å²) < 4.78 is 27.8. The van der Waals surface area contributed by atoms with Crippen molar-refractivity contribution >= 4 is 75.4 Å². The maximum atomic E-state index is 10.0. The Morgan fingerprint density at radius 1 is 0.902 bits per heavy atom. The molecule has 4 heterocycles. The number of carbonyl (C=O) groups excluding carboxylic acids is 1. The second kappa shape index (κ2) is 10.4. The van der Waals surface area contributed by atoms with Crippen molar-refractivity contribution in [1.82, 2.24) is 9.38 Å². The van der Waals surface area contributed by atoms with Crippen molar-refractivity contribution in [2.45, 2.75) is 20.7 Å². The number of aliphatic hydroxyl groups excluding tert-OH is 1. The summed E-state index contributed by atoms with van der Waals surface area (Å²) in [4.78, 5) is 14.5. The molecule has 0 bridgehead atoms. The molecule has 0 saturated heterocycles. The third-order valence-corrected chi connectivity index (χ3v) is 8.33. The molecule has 6 heteroatoms. The molecule has 4 aromatic heterocycles. The Morgan fingerprint density at radius 2 is 1.66 bits per heavy atom. The number of para-hydroxylation sites is 1. The van der Waals surface area contributed by atoms with Gasteiger partial charge >= 0.3 is 0 Å². The third-order valence-electron chi connectivity index (χ3n) is 7.20. The Balaban J connectivity index is 0.000000388. The fourth-order valence-corrected chi connectivity index (χ4v) is 6.76. The average molecular weight is 733 g/mol. The van der Waals surface area contributed by atoms with Crippen LogP contribution in [0.2, 0.25) is 0 Å². The maximum Gasteiger partial charge on any atom is 0.155 e. The molecule has 0 spiro atoms. The Morgan fingerprint density at radius 3 is 2.34 bits per heavy atom. The number of allylic oxidation sites excluding steroid dienone is 2. The number of benzene rings is 4. The number of fused-ring (bicyclic) bond motifs is 9. The van der Waals surface area contributed by atoms with Gasteiger partial charge in [0.15, 0.2) is 5.78 Å². The van der Waals surface area contributed by atoms with Crippen LogP contribution in [0.3, 0.4) is 0 Å². The summed E-state index contributed by atoms with van der Waals surface area (Å²) in [5.41, 5.74) is 5.34. The van der Waals surface area contributed by atoms with Crippen molar-refractivity contribution in [1.29, 1.82) is 0 Å². The van der Waals surface area contributed by atoms with Crippen molar-refractivity contribution in [2.75, 3.05) is 0 Å². The van der Waals surface area contributed by atoms with E-state index in [0.717, 1.165) is 16.5 Å². The van der Waals surface area contributed by atoms with Crippen LogP contribution in [-0.4, -0.2) is 20.3 Å². The fraction of sp³-hybridized carbons (Fsp3) is 0.0857. The van der Waals surface area contributed by atoms with E-state index < -0.39 is 6.85 Å². The van der Waals surface area contributed by atoms with Gasteiger partial charge in [0.05, 0.1) is 11.3 Å². The molecule has 41 heavy (non-hydrogen) atoms. The second-order valence-electron chi connectivity index (χ2n) is 9.97. The number of ketones is 1. The van der Waals surface area contributed by atoms with E-state index in [4.69, 9.17) is 9.22 Å². The number of pyridine rings is 1. The summed E-state index contributed by atoms with van der Waals surface area (Å²) in [6.45, 7) is 0.688. The molecule has 0 atom stereocenters. The number of aromatic nitrogens is 2. The largest absolute Gasteiger partial charge is 0.512 e. The Labute approximate surface area is 258 Å². The molecule has 4 nitrogen and oxygen atoms in total. The smallest absolute Gasteiger partial charge is 0.155 e. The van der Waals surface area contributed by atoms with E-state index in [1.54, 1.807) is 12.1 Å². The van der Waals surface area contributed by atoms with Crippen LogP contribution in [0, 0.1) is 12.9 Å². The molecular weight excluding hydrogens is 705 g/mol. The normalized spacial score (nSPS) is 13.3. The van der Waals surface area contributed by atoms with Gasteiger partial charge in [-0.05, 0) is 61.1 Å². The summed E-state index contributed by atoms with van der Waals surface area (Å²) in [7, 11) is 0. The molecule has 0 saturated carbocycles. The number of carbonyl (C=O) groups is 1. The van der Waals surface area contributed by atoms with Gasteiger partial charge in [-0.15, -0.1) is 35.1 Å². The molecule has 0 aliphatic rings. The molecule has 4 aromatic carbocycles. The number of hydrogen-bond acceptors (Lipinski definition) is 4. The number of thiophene rings is 1. The zero-order chi connectivity index (χ0) is 30.0. The van der Waals surface area contributed by atoms with Crippen LogP contribution in [0.4, 0.5) is 0 Å². The van der Waals surface area contributed by atoms with E-state index in [0.29, 0.717) is 5.69 Å². The minimum absolute atomic E-state index is 0. The van der Waals surface area contributed by atoms with Gasteiger partial charge in [-0.25, -0.2) is 0 Å². The molecule has 1 radical (unpaired) electrons. The predicted octanol–water partition coefficient (Wildman–Crippen LogP) is 9.41. The zero-order valence-electron chi connectivity index (χ0n) is 25.2. The van der Waals surface area contributed by atoms with Crippen LogP contribution in [0.15, 0.2) is 96.9 Å². The molecule has 203 valence electrons. The molecule has 0 fully saturated rings. The number of aryl methyl sites for hydroxylation is 1. The van der Waals surface area contributed by atoms with Crippen LogP contribution in [0.5, 0.6) is 0 Å². The molecule has 8 aromatic rings. The predicted molar refractivity (Wildman–Crippen MR) is 168 cm³/mol. The van der Waals surface area contributed by atoms with Gasteiger partial charge in [0, 0.05) is 73.0 Å². The number of nitrogens with zero attached hydrogens (tertiary/aromatic N) is 2. The van der Waals surface area contributed by atoms with E-state index in [-0.39, 0.29) is 37.2 Å². The summed E-state index contributed by atoms with van der Waals surface area (Å²) in [6, 6.07) is 30.8. The van der Waals surface area contributed by atoms with E-state index >= 15 is 0 Å². The molecule has 1 N–H and O–H groups in total. The molecular formula is C35H25IrN2O2S-. The van der Waals surface area contributed by atoms with E-state index in [9.17, 15) is 4.79 Å². The van der Waals surface area contributed by atoms with Gasteiger partial charge in [0.2, 0.25) is 0 Å². The SMILES string of the molecule is CC(=O)/C=C(/C)O.[2H]C([2H])([2H])c1ccc(-c2[c-]cc3c(c2)c2cccc4c5cc6sc7ccccc7c6cc5n3c24)nc1.[Ir]. The van der Waals surface area contributed by atoms with Gasteiger partial charge in [0.25, 0.3) is 0 Å². The first kappa shape index (κ1) is 23.6. The minimum atomic E-state index is -2.16. The quantitative estimate of drug-likeness (QED) is 0.110. The number of hydrogen-bond donors (Lipinski definition) is 1. The Hall–Kier alpha value is -4.09. The van der Waals surface area contributed by atoms with E-state index in [2.05, 4.69) is 76.1 Å². The topological polar surface area (TPSA) is 54.6 Å². The summed E-state index contributed by atoms with van der Waals surface area (Å²) in [5, 5.41) is 15.8. The van der Waals surface area contributed by atoms with Gasteiger partial charge in [-0.1, -0.05) is 53.9 Å². The molecule has 0 unspecified atom stereocenters. The maximum absolute atomic E-state index is 10.0. The van der Waals surface area contributed by atoms with Gasteiger partial charge in [-0.3, -0.25) is 4.79 Å². The Kier molecular flexibility index (Phi) is 5.98. The molecule has 0 aliphatic heterocycles. The van der Waals surface area contributed by atoms with Crippen molar-refractivity contribution in [3.63, 3.8) is 0 Å². The van der Waals surface area contributed by atoms with Crippen LogP contribution < -0.4 is 0 Å². The van der Waals surface area contributed by atoms with Crippen molar-refractivity contribution < 1.29 is 34.1 Å². The first-order valence-electron chi connectivity index (χ1n) is 14.4. The van der Waals surface area contributed by atoms with Crippen molar-refractivity contribution in [2.24, 2.45) is 0 Å². The standard InChI is InChI=1S/C30H17N2S.C5H8O2.Ir/c1-17-9-11-25(31-16-17)18-10-12-26-22(13-18)20-6-4-7-21-23-15-29-24(14-27(23)32(26)30(20)21)19-5-2-3-8-28(19)33-29;1-4(6)3-5(2)7;/h2-9,11-16H,1H3;3,6H,1-2H3;/q-1;;/b;4-3-;/i1D3;;. The first-order valence-corrected chi connectivity index (χ1v) is 13.7. The Bertz CT molecular complexity index is 2380. The van der Waals surface area contributed by atoms with Crippen LogP contribution >= 0.6 is 11.3 Å². The molecule has 8 rings (SSSR count). The second-order valence-corrected chi connectivity index (χ2v) is 11.1. The molecule has 0 aliphatic carbocycles. The first-order chi connectivity index (χ1) is 20.6. The van der Waals surface area contributed by atoms with E-state index in [1.807, 2.05) is 17.4 Å². The summed E-state index contributed by atoms with van der Waals surface area (Å²) >= 11 is 1.85. The summed E-state index contributed by atoms with van der Waals surface area (Å²) in [5.74, 6) is -0.0625. The zero-order valence-corrected chi connectivity index (χ0v) is 25.4.